The van der Waals surface area contributed by atoms with Gasteiger partial charge in [0.05, 0.1) is 11.9 Å². The topological polar surface area (TPSA) is 171 Å². The Kier molecular flexibility index (Phi) is 9.17. The number of phenols is 1. The predicted molar refractivity (Wildman–Crippen MR) is 131 cm³/mol. The minimum absolute atomic E-state index is 0.0149. The maximum atomic E-state index is 13.0. The van der Waals surface area contributed by atoms with Gasteiger partial charge in [-0.05, 0) is 35.9 Å². The van der Waals surface area contributed by atoms with Crippen molar-refractivity contribution in [3.63, 3.8) is 0 Å². The number of ether oxygens (including phenoxy) is 1. The van der Waals surface area contributed by atoms with Gasteiger partial charge < -0.3 is 30.6 Å². The molecule has 0 saturated carbocycles. The Labute approximate surface area is 214 Å². The van der Waals surface area contributed by atoms with Crippen LogP contribution in [0.4, 0.5) is 0 Å². The number of carbonyl (C=O) groups excluding carboxylic acids is 3. The molecule has 0 spiro atoms. The number of aromatic amines is 1. The number of carboxylic acid groups (broad SMARTS) is 1. The molecular formula is C24H23BrN4O7. The number of nitrogens with one attached hydrogen (secondary N) is 3. The Morgan fingerprint density at radius 3 is 2.47 bits per heavy atom. The third-order valence-electron chi connectivity index (χ3n) is 5.08. The van der Waals surface area contributed by atoms with Gasteiger partial charge in [0, 0.05) is 29.2 Å². The van der Waals surface area contributed by atoms with E-state index in [4.69, 9.17) is 4.74 Å². The van der Waals surface area contributed by atoms with Crippen LogP contribution in [0.5, 0.6) is 11.5 Å². The number of H-pyrrole nitrogens is 1. The Balaban J connectivity index is 1.68. The van der Waals surface area contributed by atoms with Crippen LogP contribution in [0.25, 0.3) is 0 Å². The summed E-state index contributed by atoms with van der Waals surface area (Å²) in [5.74, 6) is -2.41. The van der Waals surface area contributed by atoms with E-state index in [1.807, 2.05) is 0 Å². The van der Waals surface area contributed by atoms with E-state index in [2.05, 4.69) is 36.5 Å². The fourth-order valence-corrected chi connectivity index (χ4v) is 3.67. The zero-order chi connectivity index (χ0) is 26.1. The van der Waals surface area contributed by atoms with E-state index < -0.39 is 36.5 Å². The highest BCUT2D eigenvalue weighted by Crippen LogP contribution is 2.21. The normalized spacial score (nSPS) is 12.2. The molecule has 2 atom stereocenters. The van der Waals surface area contributed by atoms with Crippen molar-refractivity contribution in [2.75, 3.05) is 6.61 Å². The molecule has 0 aliphatic carbocycles. The van der Waals surface area contributed by atoms with E-state index in [-0.39, 0.29) is 29.9 Å². The number of aromatic hydroxyl groups is 1. The van der Waals surface area contributed by atoms with Gasteiger partial charge in [0.25, 0.3) is 5.91 Å². The number of amides is 2. The van der Waals surface area contributed by atoms with Crippen molar-refractivity contribution in [1.29, 1.82) is 0 Å². The zero-order valence-electron chi connectivity index (χ0n) is 18.8. The fourth-order valence-electron chi connectivity index (χ4n) is 3.29. The minimum Gasteiger partial charge on any atom is -0.508 e. The van der Waals surface area contributed by atoms with Crippen LogP contribution in [0.15, 0.2) is 59.5 Å². The van der Waals surface area contributed by atoms with Crippen molar-refractivity contribution >= 4 is 40.0 Å². The Morgan fingerprint density at radius 2 is 1.83 bits per heavy atom. The van der Waals surface area contributed by atoms with E-state index in [0.717, 1.165) is 0 Å². The van der Waals surface area contributed by atoms with Crippen molar-refractivity contribution in [1.82, 2.24) is 20.6 Å². The van der Waals surface area contributed by atoms with Crippen LogP contribution in [-0.2, 0) is 27.2 Å². The molecule has 1 heterocycles. The summed E-state index contributed by atoms with van der Waals surface area (Å²) in [5.41, 5.74) is 1.36. The smallest absolute Gasteiger partial charge is 0.326 e. The summed E-state index contributed by atoms with van der Waals surface area (Å²) in [6.45, 7) is -0.481. The minimum atomic E-state index is -1.28. The van der Waals surface area contributed by atoms with Gasteiger partial charge in [-0.2, -0.15) is 0 Å². The third kappa shape index (κ3) is 7.67. The van der Waals surface area contributed by atoms with Crippen LogP contribution in [0.1, 0.15) is 21.6 Å². The Morgan fingerprint density at radius 1 is 1.08 bits per heavy atom. The first kappa shape index (κ1) is 26.4. The average Bonchev–Trinajstić information content (AvgIpc) is 3.36. The van der Waals surface area contributed by atoms with E-state index in [0.29, 0.717) is 22.0 Å². The molecule has 36 heavy (non-hydrogen) atoms. The number of carbonyl (C=O) groups is 4. The van der Waals surface area contributed by atoms with E-state index >= 15 is 0 Å². The molecule has 0 aliphatic rings. The zero-order valence-corrected chi connectivity index (χ0v) is 20.4. The van der Waals surface area contributed by atoms with Crippen molar-refractivity contribution in [3.05, 3.63) is 76.3 Å². The number of benzene rings is 2. The summed E-state index contributed by atoms with van der Waals surface area (Å²) in [6.07, 6.45) is 3.46. The Hall–Kier alpha value is -4.19. The molecule has 3 rings (SSSR count). The maximum absolute atomic E-state index is 13.0. The molecule has 2 aromatic carbocycles. The lowest BCUT2D eigenvalue weighted by molar-refractivity contribution is -0.142. The molecule has 5 N–H and O–H groups in total. The first-order chi connectivity index (χ1) is 17.2. The van der Waals surface area contributed by atoms with Gasteiger partial charge in [-0.1, -0.05) is 28.1 Å². The average molecular weight is 559 g/mol. The van der Waals surface area contributed by atoms with Crippen LogP contribution in [-0.4, -0.2) is 62.9 Å². The molecular weight excluding hydrogens is 536 g/mol. The standard InChI is InChI=1S/C24H23BrN4O7/c25-16-3-6-21(15(8-16)11-30)36-12-22(32)28-19(9-17-10-26-13-27-17)23(33)29-20(24(34)35)7-14-1-4-18(31)5-2-14/h1-6,8,10-11,13,19-20,31H,7,9,12H2,(H,26,27)(H,28,32)(H,29,33)(H,34,35)/t19-,20-/m0/s1. The summed E-state index contributed by atoms with van der Waals surface area (Å²) >= 11 is 3.25. The number of carboxylic acids is 1. The molecule has 1 aromatic heterocycles. The van der Waals surface area contributed by atoms with Crippen LogP contribution < -0.4 is 15.4 Å². The fraction of sp³-hybridized carbons (Fsp3) is 0.208. The monoisotopic (exact) mass is 558 g/mol. The van der Waals surface area contributed by atoms with Crippen molar-refractivity contribution < 1.29 is 34.1 Å². The van der Waals surface area contributed by atoms with Gasteiger partial charge in [0.15, 0.2) is 12.9 Å². The van der Waals surface area contributed by atoms with Gasteiger partial charge >= 0.3 is 5.97 Å². The molecule has 188 valence electrons. The van der Waals surface area contributed by atoms with Gasteiger partial charge in [-0.3, -0.25) is 14.4 Å². The lowest BCUT2D eigenvalue weighted by Gasteiger charge is -2.21. The van der Waals surface area contributed by atoms with Crippen LogP contribution >= 0.6 is 15.9 Å². The van der Waals surface area contributed by atoms with Gasteiger partial charge in [0.2, 0.25) is 5.91 Å². The van der Waals surface area contributed by atoms with Crippen molar-refractivity contribution in [2.45, 2.75) is 24.9 Å². The molecule has 0 unspecified atom stereocenters. The van der Waals surface area contributed by atoms with Gasteiger partial charge in [-0.25, -0.2) is 9.78 Å². The number of halogens is 1. The number of aliphatic carboxylic acids is 1. The molecule has 0 saturated heterocycles. The highest BCUT2D eigenvalue weighted by atomic mass is 79.9. The second kappa shape index (κ2) is 12.5. The summed E-state index contributed by atoms with van der Waals surface area (Å²) < 4.78 is 6.10. The van der Waals surface area contributed by atoms with E-state index in [1.165, 1.54) is 36.8 Å². The SMILES string of the molecule is O=Cc1cc(Br)ccc1OCC(=O)N[C@@H](Cc1cnc[nH]1)C(=O)N[C@@H](Cc1ccc(O)cc1)C(=O)O. The second-order valence-electron chi connectivity index (χ2n) is 7.76. The number of hydrogen-bond acceptors (Lipinski definition) is 7. The first-order valence-electron chi connectivity index (χ1n) is 10.7. The number of aldehydes is 1. The largest absolute Gasteiger partial charge is 0.508 e. The third-order valence-corrected chi connectivity index (χ3v) is 5.57. The summed E-state index contributed by atoms with van der Waals surface area (Å²) in [5, 5.41) is 24.0. The molecule has 0 bridgehead atoms. The Bertz CT molecular complexity index is 1220. The second-order valence-corrected chi connectivity index (χ2v) is 8.68. The molecule has 0 fully saturated rings. The van der Waals surface area contributed by atoms with Crippen molar-refractivity contribution in [3.8, 4) is 11.5 Å². The molecule has 2 amide bonds. The van der Waals surface area contributed by atoms with Crippen molar-refractivity contribution in [2.24, 2.45) is 0 Å². The molecule has 11 nitrogen and oxygen atoms in total. The van der Waals surface area contributed by atoms with E-state index in [9.17, 15) is 29.4 Å². The van der Waals surface area contributed by atoms with Gasteiger partial charge in [-0.15, -0.1) is 0 Å². The summed E-state index contributed by atoms with van der Waals surface area (Å²) in [4.78, 5) is 55.4. The van der Waals surface area contributed by atoms with E-state index in [1.54, 1.807) is 18.2 Å². The number of hydrogen-bond donors (Lipinski definition) is 5. The predicted octanol–water partition coefficient (Wildman–Crippen LogP) is 1.61. The van der Waals surface area contributed by atoms with Crippen LogP contribution in [0.3, 0.4) is 0 Å². The molecule has 12 heteroatoms. The molecule has 0 radical (unpaired) electrons. The maximum Gasteiger partial charge on any atom is 0.326 e. The number of imidazole rings is 1. The summed E-state index contributed by atoms with van der Waals surface area (Å²) in [7, 11) is 0. The first-order valence-corrected chi connectivity index (χ1v) is 11.5. The van der Waals surface area contributed by atoms with Gasteiger partial charge in [0.1, 0.15) is 23.6 Å². The number of phenolic OH excluding ortho intramolecular Hbond substituents is 1. The molecule has 3 aromatic rings. The van der Waals surface area contributed by atoms with Crippen LogP contribution in [0, 0.1) is 0 Å². The highest BCUT2D eigenvalue weighted by Gasteiger charge is 2.27. The highest BCUT2D eigenvalue weighted by molar-refractivity contribution is 9.10. The lowest BCUT2D eigenvalue weighted by atomic mass is 10.0. The molecule has 0 aliphatic heterocycles. The lowest BCUT2D eigenvalue weighted by Crippen LogP contribution is -2.53. The van der Waals surface area contributed by atoms with Crippen LogP contribution in [0.2, 0.25) is 0 Å². The summed E-state index contributed by atoms with van der Waals surface area (Å²) in [6, 6.07) is 8.22. The quantitative estimate of drug-likeness (QED) is 0.208. The number of nitrogens with zero attached hydrogens (tertiary/aromatic N) is 1. The number of aromatic nitrogens is 2. The number of rotatable bonds is 12.